The zero-order valence-corrected chi connectivity index (χ0v) is 13.7. The lowest BCUT2D eigenvalue weighted by atomic mass is 9.70. The minimum absolute atomic E-state index is 0.486. The Morgan fingerprint density at radius 3 is 2.75 bits per heavy atom. The van der Waals surface area contributed by atoms with Crippen LogP contribution in [0.4, 0.5) is 0 Å². The summed E-state index contributed by atoms with van der Waals surface area (Å²) in [6.07, 6.45) is 3.93. The fraction of sp³-hybridized carbons (Fsp3) is 0.765. The van der Waals surface area contributed by atoms with E-state index >= 15 is 0 Å². The summed E-state index contributed by atoms with van der Waals surface area (Å²) in [7, 11) is 4.30. The molecule has 0 aliphatic heterocycles. The highest BCUT2D eigenvalue weighted by Gasteiger charge is 2.34. The molecule has 0 spiro atoms. The molecule has 3 heteroatoms. The van der Waals surface area contributed by atoms with Crippen LogP contribution >= 0.6 is 0 Å². The van der Waals surface area contributed by atoms with Gasteiger partial charge in [0.25, 0.3) is 0 Å². The molecule has 2 unspecified atom stereocenters. The predicted molar refractivity (Wildman–Crippen MR) is 83.7 cm³/mol. The molecule has 20 heavy (non-hydrogen) atoms. The Morgan fingerprint density at radius 1 is 1.40 bits per heavy atom. The third-order valence-corrected chi connectivity index (χ3v) is 4.65. The van der Waals surface area contributed by atoms with Crippen molar-refractivity contribution in [1.29, 1.82) is 0 Å². The van der Waals surface area contributed by atoms with Crippen LogP contribution in [0.2, 0.25) is 0 Å². The number of furan rings is 1. The maximum atomic E-state index is 5.68. The zero-order valence-electron chi connectivity index (χ0n) is 13.7. The topological polar surface area (TPSA) is 28.4 Å². The molecule has 0 saturated heterocycles. The average molecular weight is 278 g/mol. The number of rotatable bonds is 5. The number of aryl methyl sites for hydroxylation is 1. The standard InChI is InChI=1S/C17H30N2O/c1-13-6-7-15(20-13)12-19(5)11-14-10-17(2,3)9-8-16(14)18-4/h6-7,14,16,18H,8-12H2,1-5H3. The number of nitrogens with zero attached hydrogens (tertiary/aromatic N) is 1. The number of hydrogen-bond donors (Lipinski definition) is 1. The van der Waals surface area contributed by atoms with Crippen molar-refractivity contribution >= 4 is 0 Å². The van der Waals surface area contributed by atoms with Crippen molar-refractivity contribution in [3.8, 4) is 0 Å². The lowest BCUT2D eigenvalue weighted by Crippen LogP contribution is -2.45. The van der Waals surface area contributed by atoms with Crippen LogP contribution in [0.5, 0.6) is 0 Å². The first-order valence-corrected chi connectivity index (χ1v) is 7.81. The van der Waals surface area contributed by atoms with E-state index in [1.54, 1.807) is 0 Å². The Kier molecular flexibility index (Phi) is 4.92. The van der Waals surface area contributed by atoms with E-state index in [9.17, 15) is 0 Å². The first kappa shape index (κ1) is 15.6. The quantitative estimate of drug-likeness (QED) is 0.894. The monoisotopic (exact) mass is 278 g/mol. The summed E-state index contributed by atoms with van der Waals surface area (Å²) in [6, 6.07) is 4.79. The normalized spacial score (nSPS) is 26.1. The molecule has 0 aromatic carbocycles. The Balaban J connectivity index is 1.92. The molecule has 1 aromatic heterocycles. The van der Waals surface area contributed by atoms with Crippen LogP contribution in [-0.4, -0.2) is 31.6 Å². The van der Waals surface area contributed by atoms with Crippen molar-refractivity contribution in [2.45, 2.75) is 52.6 Å². The highest BCUT2D eigenvalue weighted by molar-refractivity contribution is 5.05. The van der Waals surface area contributed by atoms with E-state index in [1.807, 2.05) is 13.0 Å². The van der Waals surface area contributed by atoms with Crippen LogP contribution in [0.15, 0.2) is 16.5 Å². The van der Waals surface area contributed by atoms with Gasteiger partial charge in [-0.05, 0) is 63.7 Å². The van der Waals surface area contributed by atoms with Crippen LogP contribution in [0.1, 0.15) is 44.6 Å². The van der Waals surface area contributed by atoms with Gasteiger partial charge in [-0.2, -0.15) is 0 Å². The predicted octanol–water partition coefficient (Wildman–Crippen LogP) is 3.43. The van der Waals surface area contributed by atoms with Crippen molar-refractivity contribution in [1.82, 2.24) is 10.2 Å². The van der Waals surface area contributed by atoms with Gasteiger partial charge >= 0.3 is 0 Å². The summed E-state index contributed by atoms with van der Waals surface area (Å²) in [4.78, 5) is 2.40. The fourth-order valence-corrected chi connectivity index (χ4v) is 3.61. The van der Waals surface area contributed by atoms with Crippen LogP contribution in [-0.2, 0) is 6.54 Å². The van der Waals surface area contributed by atoms with Gasteiger partial charge in [-0.3, -0.25) is 4.90 Å². The lowest BCUT2D eigenvalue weighted by Gasteiger charge is -2.42. The molecule has 1 aliphatic rings. The van der Waals surface area contributed by atoms with Crippen LogP contribution in [0.3, 0.4) is 0 Å². The van der Waals surface area contributed by atoms with E-state index in [4.69, 9.17) is 4.42 Å². The van der Waals surface area contributed by atoms with E-state index in [0.717, 1.165) is 30.5 Å². The molecule has 114 valence electrons. The number of hydrogen-bond acceptors (Lipinski definition) is 3. The van der Waals surface area contributed by atoms with Crippen molar-refractivity contribution in [2.75, 3.05) is 20.6 Å². The number of nitrogens with one attached hydrogen (secondary N) is 1. The zero-order chi connectivity index (χ0) is 14.8. The van der Waals surface area contributed by atoms with Gasteiger partial charge in [0.2, 0.25) is 0 Å². The van der Waals surface area contributed by atoms with Crippen molar-refractivity contribution in [2.24, 2.45) is 11.3 Å². The Hall–Kier alpha value is -0.800. The molecule has 1 aromatic rings. The van der Waals surface area contributed by atoms with Gasteiger partial charge in [0.05, 0.1) is 6.54 Å². The fourth-order valence-electron chi connectivity index (χ4n) is 3.61. The SMILES string of the molecule is CNC1CCC(C)(C)CC1CN(C)Cc1ccc(C)o1. The second-order valence-electron chi connectivity index (χ2n) is 7.27. The largest absolute Gasteiger partial charge is 0.465 e. The van der Waals surface area contributed by atoms with Crippen LogP contribution < -0.4 is 5.32 Å². The molecular formula is C17H30N2O. The van der Waals surface area contributed by atoms with Gasteiger partial charge in [-0.25, -0.2) is 0 Å². The van der Waals surface area contributed by atoms with Gasteiger partial charge in [0, 0.05) is 12.6 Å². The molecule has 0 radical (unpaired) electrons. The highest BCUT2D eigenvalue weighted by atomic mass is 16.3. The summed E-state index contributed by atoms with van der Waals surface area (Å²) in [5.41, 5.74) is 0.486. The summed E-state index contributed by atoms with van der Waals surface area (Å²) in [5, 5.41) is 3.52. The van der Waals surface area contributed by atoms with E-state index in [0.29, 0.717) is 11.5 Å². The molecule has 2 atom stereocenters. The molecule has 2 rings (SSSR count). The third-order valence-electron chi connectivity index (χ3n) is 4.65. The summed E-state index contributed by atoms with van der Waals surface area (Å²) in [6.45, 7) is 8.85. The van der Waals surface area contributed by atoms with Gasteiger partial charge in [0.15, 0.2) is 0 Å². The molecule has 0 amide bonds. The van der Waals surface area contributed by atoms with Crippen LogP contribution in [0, 0.1) is 18.3 Å². The summed E-state index contributed by atoms with van der Waals surface area (Å²) in [5.74, 6) is 2.80. The van der Waals surface area contributed by atoms with Gasteiger partial charge < -0.3 is 9.73 Å². The molecule has 3 nitrogen and oxygen atoms in total. The maximum absolute atomic E-state index is 5.68. The van der Waals surface area contributed by atoms with Crippen molar-refractivity contribution in [3.63, 3.8) is 0 Å². The molecule has 1 heterocycles. The minimum Gasteiger partial charge on any atom is -0.465 e. The average Bonchev–Trinajstić information content (AvgIpc) is 2.73. The molecule has 1 aliphatic carbocycles. The molecule has 0 bridgehead atoms. The van der Waals surface area contributed by atoms with E-state index in [1.165, 1.54) is 19.3 Å². The Bertz CT molecular complexity index is 424. The molecule has 1 saturated carbocycles. The highest BCUT2D eigenvalue weighted by Crippen LogP contribution is 2.39. The van der Waals surface area contributed by atoms with Crippen molar-refractivity contribution in [3.05, 3.63) is 23.7 Å². The second-order valence-corrected chi connectivity index (χ2v) is 7.27. The maximum Gasteiger partial charge on any atom is 0.118 e. The minimum atomic E-state index is 0.486. The van der Waals surface area contributed by atoms with Crippen LogP contribution in [0.25, 0.3) is 0 Å². The van der Waals surface area contributed by atoms with Crippen molar-refractivity contribution < 1.29 is 4.42 Å². The first-order chi connectivity index (χ1) is 9.39. The summed E-state index contributed by atoms with van der Waals surface area (Å²) < 4.78 is 5.68. The van der Waals surface area contributed by atoms with Gasteiger partial charge in [-0.15, -0.1) is 0 Å². The third kappa shape index (κ3) is 4.10. The van der Waals surface area contributed by atoms with E-state index in [2.05, 4.69) is 44.2 Å². The smallest absolute Gasteiger partial charge is 0.118 e. The Morgan fingerprint density at radius 2 is 2.15 bits per heavy atom. The molecular weight excluding hydrogens is 248 g/mol. The molecule has 1 fully saturated rings. The van der Waals surface area contributed by atoms with Gasteiger partial charge in [0.1, 0.15) is 11.5 Å². The lowest BCUT2D eigenvalue weighted by molar-refractivity contribution is 0.108. The van der Waals surface area contributed by atoms with Gasteiger partial charge in [-0.1, -0.05) is 13.8 Å². The first-order valence-electron chi connectivity index (χ1n) is 7.81. The summed E-state index contributed by atoms with van der Waals surface area (Å²) >= 11 is 0. The van der Waals surface area contributed by atoms with E-state index < -0.39 is 0 Å². The Labute approximate surface area is 123 Å². The molecule has 1 N–H and O–H groups in total. The van der Waals surface area contributed by atoms with E-state index in [-0.39, 0.29) is 0 Å². The second kappa shape index (κ2) is 6.31.